The largest absolute Gasteiger partial charge is 0.440 e. The molecule has 4 heterocycles. The number of anilines is 6. The van der Waals surface area contributed by atoms with Crippen LogP contribution in [-0.4, -0.2) is 6.71 Å². The number of furan rings is 1. The van der Waals surface area contributed by atoms with Crippen LogP contribution in [0.25, 0.3) is 31.5 Å². The van der Waals surface area contributed by atoms with Gasteiger partial charge in [0.15, 0.2) is 0 Å². The summed E-state index contributed by atoms with van der Waals surface area (Å²) >= 11 is 1.86. The van der Waals surface area contributed by atoms with E-state index in [-0.39, 0.29) is 23.0 Å². The van der Waals surface area contributed by atoms with E-state index in [0.29, 0.717) is 0 Å². The molecule has 0 fully saturated rings. The van der Waals surface area contributed by atoms with Crippen molar-refractivity contribution < 1.29 is 4.42 Å². The van der Waals surface area contributed by atoms with Crippen LogP contribution in [-0.2, 0) is 16.2 Å². The molecule has 6 aromatic carbocycles. The van der Waals surface area contributed by atoms with Crippen molar-refractivity contribution in [1.29, 1.82) is 0 Å². The minimum atomic E-state index is -0.0373. The van der Waals surface area contributed by atoms with Crippen LogP contribution in [0.2, 0.25) is 0 Å². The summed E-state index contributed by atoms with van der Waals surface area (Å²) in [5.41, 5.74) is 18.4. The maximum atomic E-state index is 7.23. The lowest BCUT2D eigenvalue weighted by Gasteiger charge is -2.43. The molecule has 0 N–H and O–H groups in total. The Morgan fingerprint density at radius 3 is 1.81 bits per heavy atom. The van der Waals surface area contributed by atoms with Crippen molar-refractivity contribution in [3.63, 3.8) is 0 Å². The van der Waals surface area contributed by atoms with E-state index >= 15 is 0 Å². The van der Waals surface area contributed by atoms with Crippen molar-refractivity contribution in [2.24, 2.45) is 0 Å². The van der Waals surface area contributed by atoms with Crippen LogP contribution in [0.3, 0.4) is 0 Å². The second kappa shape index (κ2) is 13.0. The molecule has 0 saturated carbocycles. The SMILES string of the molecule is Cc1cc(-c2cc3ccccc3s2)cc(C)c1N1c2cccc3c2B(c2cc(C(C)(C)C)ccc2N3c2ccc(C(C)(C)C)cc2)c2c1oc1ccc(C(C)(C)C)cc21. The van der Waals surface area contributed by atoms with E-state index in [1.165, 1.54) is 98.6 Å². The van der Waals surface area contributed by atoms with Gasteiger partial charge in [0.2, 0.25) is 5.88 Å². The average Bonchev–Trinajstić information content (AvgIpc) is 3.79. The second-order valence-electron chi connectivity index (χ2n) is 20.0. The van der Waals surface area contributed by atoms with Crippen LogP contribution in [0.15, 0.2) is 126 Å². The van der Waals surface area contributed by atoms with Gasteiger partial charge in [0.1, 0.15) is 5.58 Å². The van der Waals surface area contributed by atoms with Gasteiger partial charge in [-0.1, -0.05) is 117 Å². The highest BCUT2D eigenvalue weighted by molar-refractivity contribution is 7.22. The zero-order chi connectivity index (χ0) is 41.3. The number of hydrogen-bond acceptors (Lipinski definition) is 4. The monoisotopic (exact) mass is 788 g/mol. The molecule has 294 valence electrons. The second-order valence-corrected chi connectivity index (χ2v) is 21.1. The third-order valence-electron chi connectivity index (χ3n) is 12.8. The summed E-state index contributed by atoms with van der Waals surface area (Å²) in [6.07, 6.45) is 0. The fourth-order valence-electron chi connectivity index (χ4n) is 9.58. The van der Waals surface area contributed by atoms with E-state index in [1.54, 1.807) is 0 Å². The lowest BCUT2D eigenvalue weighted by atomic mass is 9.33. The summed E-state index contributed by atoms with van der Waals surface area (Å²) < 4.78 is 8.54. The highest BCUT2D eigenvalue weighted by Crippen LogP contribution is 2.49. The molecule has 0 atom stereocenters. The minimum absolute atomic E-state index is 0.0226. The van der Waals surface area contributed by atoms with Crippen molar-refractivity contribution in [3.05, 3.63) is 149 Å². The molecule has 2 aromatic heterocycles. The molecule has 5 heteroatoms. The summed E-state index contributed by atoms with van der Waals surface area (Å²) in [6.45, 7) is 25.3. The molecule has 59 heavy (non-hydrogen) atoms. The fraction of sp³-hybridized carbons (Fsp3) is 0.259. The fourth-order valence-corrected chi connectivity index (χ4v) is 10.6. The van der Waals surface area contributed by atoms with Gasteiger partial charge in [0.25, 0.3) is 6.71 Å². The van der Waals surface area contributed by atoms with Crippen molar-refractivity contribution >= 4 is 89.8 Å². The highest BCUT2D eigenvalue weighted by atomic mass is 32.1. The third kappa shape index (κ3) is 5.99. The van der Waals surface area contributed by atoms with E-state index in [4.69, 9.17) is 4.42 Å². The minimum Gasteiger partial charge on any atom is -0.440 e. The van der Waals surface area contributed by atoms with Gasteiger partial charge < -0.3 is 9.32 Å². The summed E-state index contributed by atoms with van der Waals surface area (Å²) in [4.78, 5) is 6.26. The Kier molecular flexibility index (Phi) is 8.31. The van der Waals surface area contributed by atoms with Crippen LogP contribution in [0.4, 0.5) is 34.3 Å². The molecule has 0 amide bonds. The maximum Gasteiger partial charge on any atom is 0.257 e. The van der Waals surface area contributed by atoms with Gasteiger partial charge >= 0.3 is 0 Å². The third-order valence-corrected chi connectivity index (χ3v) is 13.9. The smallest absolute Gasteiger partial charge is 0.257 e. The summed E-state index contributed by atoms with van der Waals surface area (Å²) in [7, 11) is 0. The van der Waals surface area contributed by atoms with Crippen molar-refractivity contribution in [3.8, 4) is 10.4 Å². The van der Waals surface area contributed by atoms with Crippen LogP contribution in [0, 0.1) is 13.8 Å². The Morgan fingerprint density at radius 2 is 1.15 bits per heavy atom. The number of thiophene rings is 1. The number of rotatable bonds is 3. The molecular weight excluding hydrogens is 735 g/mol. The molecular formula is C54H53BN2OS. The zero-order valence-corrected chi connectivity index (χ0v) is 37.2. The van der Waals surface area contributed by atoms with E-state index in [9.17, 15) is 0 Å². The standard InChI is InChI=1S/C54H53BN2OS/c1-32-27-35(47-29-34-15-12-13-18-46(34)59-47)28-33(2)50(32)57-44-17-14-16-43-49(44)55(48-40-30-37(53(6,7)8)22-26-45(40)58-51(48)57)41-31-38(54(9,10)11)21-25-42(41)56(43)39-23-19-36(20-24-39)52(3,4)5/h12-31H,1-11H3. The first-order valence-corrected chi connectivity index (χ1v) is 21.9. The van der Waals surface area contributed by atoms with Gasteiger partial charge in [-0.25, -0.2) is 0 Å². The van der Waals surface area contributed by atoms with Gasteiger partial charge in [0.05, 0.1) is 5.69 Å². The van der Waals surface area contributed by atoms with Crippen LogP contribution in [0.5, 0.6) is 0 Å². The van der Waals surface area contributed by atoms with Gasteiger partial charge in [-0.15, -0.1) is 11.3 Å². The molecule has 0 unspecified atom stereocenters. The van der Waals surface area contributed by atoms with Gasteiger partial charge in [-0.3, -0.25) is 4.90 Å². The molecule has 0 radical (unpaired) electrons. The lowest BCUT2D eigenvalue weighted by Crippen LogP contribution is -2.61. The maximum absolute atomic E-state index is 7.23. The number of benzene rings is 6. The quantitative estimate of drug-likeness (QED) is 0.166. The molecule has 2 aliphatic rings. The summed E-state index contributed by atoms with van der Waals surface area (Å²) in [6, 6.07) is 46.0. The number of nitrogens with zero attached hydrogens (tertiary/aromatic N) is 2. The average molecular weight is 789 g/mol. The van der Waals surface area contributed by atoms with Crippen LogP contribution >= 0.6 is 11.3 Å². The zero-order valence-electron chi connectivity index (χ0n) is 36.3. The Labute approximate surface area is 354 Å². The van der Waals surface area contributed by atoms with Gasteiger partial charge in [-0.2, -0.15) is 0 Å². The number of hydrogen-bond donors (Lipinski definition) is 0. The molecule has 2 aliphatic heterocycles. The summed E-state index contributed by atoms with van der Waals surface area (Å²) in [5.74, 6) is 0.914. The predicted octanol–water partition coefficient (Wildman–Crippen LogP) is 13.9. The van der Waals surface area contributed by atoms with Gasteiger partial charge in [0, 0.05) is 43.2 Å². The van der Waals surface area contributed by atoms with Crippen LogP contribution in [0.1, 0.15) is 90.1 Å². The lowest BCUT2D eigenvalue weighted by molar-refractivity contribution is 0.589. The molecule has 0 aliphatic carbocycles. The Morgan fingerprint density at radius 1 is 0.542 bits per heavy atom. The topological polar surface area (TPSA) is 19.6 Å². The first kappa shape index (κ1) is 37.7. The first-order chi connectivity index (χ1) is 28.0. The van der Waals surface area contributed by atoms with E-state index < -0.39 is 0 Å². The first-order valence-electron chi connectivity index (χ1n) is 21.1. The van der Waals surface area contributed by atoms with Crippen molar-refractivity contribution in [2.75, 3.05) is 9.80 Å². The molecule has 0 spiro atoms. The van der Waals surface area contributed by atoms with E-state index in [2.05, 4.69) is 207 Å². The number of aryl methyl sites for hydroxylation is 2. The Hall–Kier alpha value is -5.52. The molecule has 0 saturated heterocycles. The molecule has 3 nitrogen and oxygen atoms in total. The normalized spacial score (nSPS) is 13.9. The van der Waals surface area contributed by atoms with E-state index in [0.717, 1.165) is 11.5 Å². The summed E-state index contributed by atoms with van der Waals surface area (Å²) in [5, 5.41) is 2.48. The Balaban J connectivity index is 1.27. The highest BCUT2D eigenvalue weighted by Gasteiger charge is 2.47. The molecule has 0 bridgehead atoms. The predicted molar refractivity (Wildman–Crippen MR) is 257 cm³/mol. The van der Waals surface area contributed by atoms with Crippen LogP contribution < -0.4 is 26.2 Å². The van der Waals surface area contributed by atoms with Crippen molar-refractivity contribution in [2.45, 2.75) is 92.4 Å². The van der Waals surface area contributed by atoms with Gasteiger partial charge in [-0.05, 0) is 147 Å². The Bertz CT molecular complexity index is 2930. The van der Waals surface area contributed by atoms with Crippen molar-refractivity contribution in [1.82, 2.24) is 0 Å². The van der Waals surface area contributed by atoms with E-state index in [1.807, 2.05) is 11.3 Å². The molecule has 10 rings (SSSR count). The number of fused-ring (bicyclic) bond motifs is 7. The molecule has 8 aromatic rings.